The minimum atomic E-state index is 0.557. The Kier molecular flexibility index (Phi) is 5.16. The third-order valence-corrected chi connectivity index (χ3v) is 3.02. The maximum absolute atomic E-state index is 9.16. The van der Waals surface area contributed by atoms with Gasteiger partial charge in [-0.25, -0.2) is 4.98 Å². The lowest BCUT2D eigenvalue weighted by molar-refractivity contribution is 0.341. The van der Waals surface area contributed by atoms with Crippen molar-refractivity contribution in [2.75, 3.05) is 18.5 Å². The van der Waals surface area contributed by atoms with Crippen LogP contribution < -0.4 is 10.1 Å². The SMILES string of the molecule is CCCNc1nc(-c2ccccc2OCC)ccc1C#N. The molecule has 0 fully saturated rings. The first kappa shape index (κ1) is 14.9. The Morgan fingerprint density at radius 1 is 1.19 bits per heavy atom. The van der Waals surface area contributed by atoms with Crippen LogP contribution >= 0.6 is 0 Å². The summed E-state index contributed by atoms with van der Waals surface area (Å²) in [5.74, 6) is 1.43. The molecule has 4 heteroatoms. The molecule has 0 aliphatic rings. The molecule has 0 radical (unpaired) electrons. The summed E-state index contributed by atoms with van der Waals surface area (Å²) in [6.07, 6.45) is 0.978. The summed E-state index contributed by atoms with van der Waals surface area (Å²) in [5.41, 5.74) is 2.29. The fraction of sp³-hybridized carbons (Fsp3) is 0.294. The highest BCUT2D eigenvalue weighted by Gasteiger charge is 2.10. The first-order valence-electron chi connectivity index (χ1n) is 7.17. The molecule has 2 rings (SSSR count). The zero-order valence-corrected chi connectivity index (χ0v) is 12.4. The molecule has 0 unspecified atom stereocenters. The van der Waals surface area contributed by atoms with E-state index in [0.29, 0.717) is 18.0 Å². The summed E-state index contributed by atoms with van der Waals surface area (Å²) in [6, 6.07) is 13.6. The fourth-order valence-corrected chi connectivity index (χ4v) is 2.04. The topological polar surface area (TPSA) is 57.9 Å². The maximum Gasteiger partial charge on any atom is 0.144 e. The first-order valence-corrected chi connectivity index (χ1v) is 7.17. The van der Waals surface area contributed by atoms with Crippen LogP contribution in [0.1, 0.15) is 25.8 Å². The lowest BCUT2D eigenvalue weighted by Gasteiger charge is -2.12. The molecular weight excluding hydrogens is 262 g/mol. The average molecular weight is 281 g/mol. The number of nitrogens with one attached hydrogen (secondary N) is 1. The maximum atomic E-state index is 9.16. The number of aromatic nitrogens is 1. The second-order valence-electron chi connectivity index (χ2n) is 4.56. The van der Waals surface area contributed by atoms with Crippen LogP contribution in [-0.4, -0.2) is 18.1 Å². The molecule has 1 heterocycles. The van der Waals surface area contributed by atoms with Gasteiger partial charge in [0.05, 0.1) is 17.9 Å². The smallest absolute Gasteiger partial charge is 0.144 e. The Balaban J connectivity index is 2.43. The van der Waals surface area contributed by atoms with E-state index in [1.54, 1.807) is 6.07 Å². The van der Waals surface area contributed by atoms with Gasteiger partial charge in [0, 0.05) is 12.1 Å². The van der Waals surface area contributed by atoms with E-state index in [1.165, 1.54) is 0 Å². The molecule has 0 aliphatic heterocycles. The third kappa shape index (κ3) is 3.51. The normalized spacial score (nSPS) is 9.95. The predicted octanol–water partition coefficient (Wildman–Crippen LogP) is 3.84. The molecule has 4 nitrogen and oxygen atoms in total. The minimum absolute atomic E-state index is 0.557. The van der Waals surface area contributed by atoms with Crippen LogP contribution in [0.4, 0.5) is 5.82 Å². The predicted molar refractivity (Wildman–Crippen MR) is 84.3 cm³/mol. The number of anilines is 1. The summed E-state index contributed by atoms with van der Waals surface area (Å²) in [5, 5.41) is 12.4. The highest BCUT2D eigenvalue weighted by atomic mass is 16.5. The fourth-order valence-electron chi connectivity index (χ4n) is 2.04. The Morgan fingerprint density at radius 2 is 2.00 bits per heavy atom. The first-order chi connectivity index (χ1) is 10.3. The molecule has 1 aromatic carbocycles. The molecular formula is C17H19N3O. The molecule has 0 atom stereocenters. The number of benzene rings is 1. The molecule has 1 N–H and O–H groups in total. The summed E-state index contributed by atoms with van der Waals surface area (Å²) in [4.78, 5) is 4.58. The quantitative estimate of drug-likeness (QED) is 0.874. The van der Waals surface area contributed by atoms with Gasteiger partial charge in [-0.15, -0.1) is 0 Å². The summed E-state index contributed by atoms with van der Waals surface area (Å²) in [6.45, 7) is 5.43. The zero-order chi connectivity index (χ0) is 15.1. The second-order valence-corrected chi connectivity index (χ2v) is 4.56. The van der Waals surface area contributed by atoms with Gasteiger partial charge in [-0.1, -0.05) is 19.1 Å². The van der Waals surface area contributed by atoms with Crippen LogP contribution in [0.15, 0.2) is 36.4 Å². The van der Waals surface area contributed by atoms with E-state index >= 15 is 0 Å². The van der Waals surface area contributed by atoms with Gasteiger partial charge in [0.2, 0.25) is 0 Å². The molecule has 2 aromatic rings. The Hall–Kier alpha value is -2.54. The lowest BCUT2D eigenvalue weighted by Crippen LogP contribution is -2.05. The van der Waals surface area contributed by atoms with E-state index in [0.717, 1.165) is 30.0 Å². The van der Waals surface area contributed by atoms with Crippen LogP contribution in [0.3, 0.4) is 0 Å². The number of hydrogen-bond acceptors (Lipinski definition) is 4. The number of ether oxygens (including phenoxy) is 1. The van der Waals surface area contributed by atoms with E-state index in [9.17, 15) is 0 Å². The summed E-state index contributed by atoms with van der Waals surface area (Å²) >= 11 is 0. The Bertz CT molecular complexity index is 647. The van der Waals surface area contributed by atoms with Gasteiger partial charge in [-0.05, 0) is 37.6 Å². The van der Waals surface area contributed by atoms with E-state index in [1.807, 2.05) is 37.3 Å². The van der Waals surface area contributed by atoms with Gasteiger partial charge in [-0.2, -0.15) is 5.26 Å². The van der Waals surface area contributed by atoms with Gasteiger partial charge < -0.3 is 10.1 Å². The molecule has 108 valence electrons. The van der Waals surface area contributed by atoms with Crippen LogP contribution in [0.5, 0.6) is 5.75 Å². The molecule has 0 saturated carbocycles. The van der Waals surface area contributed by atoms with Crippen molar-refractivity contribution < 1.29 is 4.74 Å². The van der Waals surface area contributed by atoms with Gasteiger partial charge in [0.25, 0.3) is 0 Å². The van der Waals surface area contributed by atoms with Crippen LogP contribution in [0.2, 0.25) is 0 Å². The largest absolute Gasteiger partial charge is 0.493 e. The summed E-state index contributed by atoms with van der Waals surface area (Å²) < 4.78 is 5.64. The number of hydrogen-bond donors (Lipinski definition) is 1. The standard InChI is InChI=1S/C17H19N3O/c1-3-11-19-17-13(12-18)9-10-15(20-17)14-7-5-6-8-16(14)21-4-2/h5-10H,3-4,11H2,1-2H3,(H,19,20). The Labute approximate surface area is 125 Å². The Morgan fingerprint density at radius 3 is 2.71 bits per heavy atom. The summed E-state index contributed by atoms with van der Waals surface area (Å²) in [7, 11) is 0. The van der Waals surface area contributed by atoms with E-state index < -0.39 is 0 Å². The van der Waals surface area contributed by atoms with Crippen molar-refractivity contribution in [3.63, 3.8) is 0 Å². The van der Waals surface area contributed by atoms with E-state index in [2.05, 4.69) is 23.3 Å². The third-order valence-electron chi connectivity index (χ3n) is 3.02. The van der Waals surface area contributed by atoms with E-state index in [-0.39, 0.29) is 0 Å². The van der Waals surface area contributed by atoms with Crippen molar-refractivity contribution in [1.82, 2.24) is 4.98 Å². The lowest BCUT2D eigenvalue weighted by atomic mass is 10.1. The number of nitriles is 1. The highest BCUT2D eigenvalue weighted by Crippen LogP contribution is 2.30. The zero-order valence-electron chi connectivity index (χ0n) is 12.4. The van der Waals surface area contributed by atoms with Crippen LogP contribution in [0, 0.1) is 11.3 Å². The van der Waals surface area contributed by atoms with Crippen molar-refractivity contribution in [2.24, 2.45) is 0 Å². The van der Waals surface area contributed by atoms with Crippen molar-refractivity contribution in [1.29, 1.82) is 5.26 Å². The van der Waals surface area contributed by atoms with E-state index in [4.69, 9.17) is 10.00 Å². The second kappa shape index (κ2) is 7.30. The number of nitrogens with zero attached hydrogens (tertiary/aromatic N) is 2. The van der Waals surface area contributed by atoms with Gasteiger partial charge >= 0.3 is 0 Å². The molecule has 0 spiro atoms. The van der Waals surface area contributed by atoms with Crippen molar-refractivity contribution >= 4 is 5.82 Å². The van der Waals surface area contributed by atoms with Gasteiger partial charge in [0.1, 0.15) is 17.6 Å². The number of pyridine rings is 1. The van der Waals surface area contributed by atoms with Crippen LogP contribution in [-0.2, 0) is 0 Å². The monoisotopic (exact) mass is 281 g/mol. The molecule has 1 aromatic heterocycles. The number of rotatable bonds is 6. The van der Waals surface area contributed by atoms with Gasteiger partial charge in [-0.3, -0.25) is 0 Å². The van der Waals surface area contributed by atoms with Crippen molar-refractivity contribution in [3.8, 4) is 23.1 Å². The van der Waals surface area contributed by atoms with Crippen molar-refractivity contribution in [2.45, 2.75) is 20.3 Å². The van der Waals surface area contributed by atoms with Crippen LogP contribution in [0.25, 0.3) is 11.3 Å². The molecule has 21 heavy (non-hydrogen) atoms. The van der Waals surface area contributed by atoms with Gasteiger partial charge in [0.15, 0.2) is 0 Å². The molecule has 0 amide bonds. The highest BCUT2D eigenvalue weighted by molar-refractivity contribution is 5.70. The van der Waals surface area contributed by atoms with Crippen molar-refractivity contribution in [3.05, 3.63) is 42.0 Å². The number of para-hydroxylation sites is 1. The molecule has 0 bridgehead atoms. The minimum Gasteiger partial charge on any atom is -0.493 e. The molecule has 0 aliphatic carbocycles. The molecule has 0 saturated heterocycles. The average Bonchev–Trinajstić information content (AvgIpc) is 2.53.